The van der Waals surface area contributed by atoms with Crippen LogP contribution in [0.3, 0.4) is 0 Å². The summed E-state index contributed by atoms with van der Waals surface area (Å²) in [4.78, 5) is 8.10. The first-order valence-electron chi connectivity index (χ1n) is 5.46. The van der Waals surface area contributed by atoms with Crippen LogP contribution in [0.25, 0.3) is 0 Å². The predicted molar refractivity (Wildman–Crippen MR) is 65.8 cm³/mol. The fourth-order valence-electron chi connectivity index (χ4n) is 1.43. The van der Waals surface area contributed by atoms with E-state index in [9.17, 15) is 5.11 Å². The summed E-state index contributed by atoms with van der Waals surface area (Å²) in [5.41, 5.74) is 0.892. The largest absolute Gasteiger partial charge is 0.394 e. The highest BCUT2D eigenvalue weighted by atomic mass is 35.5. The second kappa shape index (κ2) is 6.01. The Hall–Kier alpha value is -0.870. The number of hydrogen-bond acceptors (Lipinski definition) is 4. The van der Waals surface area contributed by atoms with E-state index in [0.717, 1.165) is 17.8 Å². The van der Waals surface area contributed by atoms with Gasteiger partial charge in [-0.1, -0.05) is 32.4 Å². The fourth-order valence-corrected chi connectivity index (χ4v) is 1.69. The van der Waals surface area contributed by atoms with Gasteiger partial charge in [0.2, 0.25) is 0 Å². The molecule has 0 saturated heterocycles. The van der Waals surface area contributed by atoms with Crippen LogP contribution in [0.2, 0.25) is 5.15 Å². The quantitative estimate of drug-likeness (QED) is 0.778. The maximum Gasteiger partial charge on any atom is 0.137 e. The summed E-state index contributed by atoms with van der Waals surface area (Å²) in [5, 5.41) is 12.9. The number of rotatable bonds is 5. The lowest BCUT2D eigenvalue weighted by Gasteiger charge is -2.21. The Morgan fingerprint density at radius 1 is 1.44 bits per heavy atom. The van der Waals surface area contributed by atoms with Crippen LogP contribution in [0.1, 0.15) is 26.3 Å². The van der Waals surface area contributed by atoms with Gasteiger partial charge in [0.05, 0.1) is 12.6 Å². The number of anilines is 1. The molecule has 1 aromatic heterocycles. The molecule has 0 amide bonds. The third-order valence-electron chi connectivity index (χ3n) is 2.57. The highest BCUT2D eigenvalue weighted by molar-refractivity contribution is 6.30. The van der Waals surface area contributed by atoms with E-state index < -0.39 is 0 Å². The molecule has 16 heavy (non-hydrogen) atoms. The Morgan fingerprint density at radius 3 is 2.62 bits per heavy atom. The number of aliphatic hydroxyl groups is 1. The van der Waals surface area contributed by atoms with Gasteiger partial charge in [-0.05, 0) is 12.3 Å². The zero-order valence-corrected chi connectivity index (χ0v) is 10.6. The molecule has 0 aliphatic carbocycles. The zero-order chi connectivity index (χ0) is 12.1. The van der Waals surface area contributed by atoms with Crippen molar-refractivity contribution in [3.63, 3.8) is 0 Å². The molecule has 1 aromatic rings. The summed E-state index contributed by atoms with van der Waals surface area (Å²) in [6.07, 6.45) is 2.19. The molecule has 5 heteroatoms. The lowest BCUT2D eigenvalue weighted by atomic mass is 10.1. The molecule has 1 unspecified atom stereocenters. The molecular weight excluding hydrogens is 226 g/mol. The van der Waals surface area contributed by atoms with Crippen molar-refractivity contribution in [3.8, 4) is 0 Å². The monoisotopic (exact) mass is 243 g/mol. The van der Waals surface area contributed by atoms with Crippen LogP contribution in [0.5, 0.6) is 0 Å². The molecular formula is C11H18ClN3O. The third kappa shape index (κ3) is 3.06. The van der Waals surface area contributed by atoms with Gasteiger partial charge in [-0.25, -0.2) is 9.97 Å². The number of halogens is 1. The molecule has 4 nitrogen and oxygen atoms in total. The Balaban J connectivity index is 2.91. The van der Waals surface area contributed by atoms with Crippen molar-refractivity contribution in [2.75, 3.05) is 11.9 Å². The van der Waals surface area contributed by atoms with Gasteiger partial charge in [0, 0.05) is 5.56 Å². The van der Waals surface area contributed by atoms with E-state index in [-0.39, 0.29) is 12.6 Å². The van der Waals surface area contributed by atoms with Crippen LogP contribution in [0.15, 0.2) is 6.33 Å². The smallest absolute Gasteiger partial charge is 0.137 e. The van der Waals surface area contributed by atoms with Crippen LogP contribution in [-0.2, 0) is 6.42 Å². The minimum Gasteiger partial charge on any atom is -0.394 e. The molecule has 0 fully saturated rings. The first kappa shape index (κ1) is 13.2. The first-order chi connectivity index (χ1) is 7.60. The van der Waals surface area contributed by atoms with Gasteiger partial charge < -0.3 is 10.4 Å². The number of nitrogens with one attached hydrogen (secondary N) is 1. The van der Waals surface area contributed by atoms with E-state index in [0.29, 0.717) is 11.1 Å². The summed E-state index contributed by atoms with van der Waals surface area (Å²) < 4.78 is 0. The Morgan fingerprint density at radius 2 is 2.12 bits per heavy atom. The molecule has 90 valence electrons. The lowest BCUT2D eigenvalue weighted by Crippen LogP contribution is -2.30. The standard InChI is InChI=1S/C11H18ClN3O/c1-4-8-10(12)13-6-14-11(8)15-9(5-16)7(2)3/h6-7,9,16H,4-5H2,1-3H3,(H,13,14,15). The minimum absolute atomic E-state index is 0.0173. The van der Waals surface area contributed by atoms with E-state index in [1.807, 2.05) is 20.8 Å². The Bertz CT molecular complexity index is 344. The van der Waals surface area contributed by atoms with Gasteiger partial charge in [0.25, 0.3) is 0 Å². The molecule has 2 N–H and O–H groups in total. The number of aromatic nitrogens is 2. The average molecular weight is 244 g/mol. The molecule has 0 radical (unpaired) electrons. The molecule has 0 bridgehead atoms. The first-order valence-corrected chi connectivity index (χ1v) is 5.84. The van der Waals surface area contributed by atoms with Gasteiger partial charge in [0.1, 0.15) is 17.3 Å². The molecule has 0 spiro atoms. The second-order valence-corrected chi connectivity index (χ2v) is 4.38. The lowest BCUT2D eigenvalue weighted by molar-refractivity contribution is 0.249. The molecule has 0 aliphatic heterocycles. The minimum atomic E-state index is -0.0173. The van der Waals surface area contributed by atoms with E-state index >= 15 is 0 Å². The van der Waals surface area contributed by atoms with Crippen molar-refractivity contribution in [3.05, 3.63) is 17.0 Å². The topological polar surface area (TPSA) is 58.0 Å². The third-order valence-corrected chi connectivity index (χ3v) is 2.90. The number of hydrogen-bond donors (Lipinski definition) is 2. The van der Waals surface area contributed by atoms with E-state index in [4.69, 9.17) is 11.6 Å². The van der Waals surface area contributed by atoms with Gasteiger partial charge in [-0.2, -0.15) is 0 Å². The fraction of sp³-hybridized carbons (Fsp3) is 0.636. The summed E-state index contributed by atoms with van der Waals surface area (Å²) in [6.45, 7) is 6.16. The number of nitrogens with zero attached hydrogens (tertiary/aromatic N) is 2. The van der Waals surface area contributed by atoms with Crippen molar-refractivity contribution >= 4 is 17.4 Å². The zero-order valence-electron chi connectivity index (χ0n) is 9.87. The predicted octanol–water partition coefficient (Wildman–Crippen LogP) is 2.12. The maximum atomic E-state index is 9.25. The van der Waals surface area contributed by atoms with Gasteiger partial charge in [0.15, 0.2) is 0 Å². The van der Waals surface area contributed by atoms with Crippen molar-refractivity contribution in [1.29, 1.82) is 0 Å². The highest BCUT2D eigenvalue weighted by Crippen LogP contribution is 2.21. The Kier molecular flexibility index (Phi) is 4.96. The SMILES string of the molecule is CCc1c(Cl)ncnc1NC(CO)C(C)C. The van der Waals surface area contributed by atoms with E-state index in [1.54, 1.807) is 0 Å². The molecule has 1 atom stereocenters. The highest BCUT2D eigenvalue weighted by Gasteiger charge is 2.15. The van der Waals surface area contributed by atoms with Crippen molar-refractivity contribution in [2.45, 2.75) is 33.2 Å². The van der Waals surface area contributed by atoms with Gasteiger partial charge in [-0.15, -0.1) is 0 Å². The van der Waals surface area contributed by atoms with Crippen molar-refractivity contribution in [1.82, 2.24) is 9.97 Å². The molecule has 0 aromatic carbocycles. The van der Waals surface area contributed by atoms with Crippen molar-refractivity contribution in [2.24, 2.45) is 5.92 Å². The summed E-state index contributed by atoms with van der Waals surface area (Å²) in [5.74, 6) is 1.04. The van der Waals surface area contributed by atoms with Crippen LogP contribution in [0, 0.1) is 5.92 Å². The molecule has 1 heterocycles. The van der Waals surface area contributed by atoms with Crippen molar-refractivity contribution < 1.29 is 5.11 Å². The normalized spacial score (nSPS) is 12.9. The summed E-state index contributed by atoms with van der Waals surface area (Å²) in [7, 11) is 0. The second-order valence-electron chi connectivity index (χ2n) is 4.02. The van der Waals surface area contributed by atoms with Crippen LogP contribution in [0.4, 0.5) is 5.82 Å². The van der Waals surface area contributed by atoms with E-state index in [1.165, 1.54) is 6.33 Å². The van der Waals surface area contributed by atoms with Crippen LogP contribution in [-0.4, -0.2) is 27.7 Å². The van der Waals surface area contributed by atoms with Gasteiger partial charge >= 0.3 is 0 Å². The van der Waals surface area contributed by atoms with E-state index in [2.05, 4.69) is 15.3 Å². The summed E-state index contributed by atoms with van der Waals surface area (Å²) in [6, 6.07) is -0.0173. The molecule has 1 rings (SSSR count). The maximum absolute atomic E-state index is 9.25. The van der Waals surface area contributed by atoms with Gasteiger partial charge in [-0.3, -0.25) is 0 Å². The average Bonchev–Trinajstić information content (AvgIpc) is 2.25. The van der Waals surface area contributed by atoms with Crippen LogP contribution < -0.4 is 5.32 Å². The molecule has 0 saturated carbocycles. The van der Waals surface area contributed by atoms with Crippen LogP contribution >= 0.6 is 11.6 Å². The molecule has 0 aliphatic rings. The summed E-state index contributed by atoms with van der Waals surface area (Å²) >= 11 is 5.98. The number of aliphatic hydroxyl groups excluding tert-OH is 1. The Labute approximate surface area is 101 Å².